The van der Waals surface area contributed by atoms with Gasteiger partial charge in [-0.25, -0.2) is 4.39 Å². The Kier molecular flexibility index (Phi) is 4.93. The first-order valence-corrected chi connectivity index (χ1v) is 5.28. The second kappa shape index (κ2) is 6.01. The molecule has 1 aromatic carbocycles. The Bertz CT molecular complexity index is 291. The molecular formula is C10H13FO2S. The number of thioether (sulfide) groups is 1. The quantitative estimate of drug-likeness (QED) is 0.603. The maximum atomic E-state index is 13.3. The van der Waals surface area contributed by atoms with Gasteiger partial charge in [0.1, 0.15) is 5.82 Å². The highest BCUT2D eigenvalue weighted by atomic mass is 32.2. The zero-order valence-electron chi connectivity index (χ0n) is 8.00. The molecule has 0 saturated heterocycles. The van der Waals surface area contributed by atoms with Crippen molar-refractivity contribution in [2.75, 3.05) is 19.5 Å². The SMILES string of the molecule is COCCSc1c(F)cccc1CO. The van der Waals surface area contributed by atoms with E-state index in [1.807, 2.05) is 0 Å². The average molecular weight is 216 g/mol. The molecule has 4 heteroatoms. The van der Waals surface area contributed by atoms with Gasteiger partial charge < -0.3 is 9.84 Å². The van der Waals surface area contributed by atoms with Crippen molar-refractivity contribution >= 4 is 11.8 Å². The monoisotopic (exact) mass is 216 g/mol. The lowest BCUT2D eigenvalue weighted by Gasteiger charge is -2.07. The number of rotatable bonds is 5. The fourth-order valence-corrected chi connectivity index (χ4v) is 2.04. The molecule has 0 unspecified atom stereocenters. The summed E-state index contributed by atoms with van der Waals surface area (Å²) in [7, 11) is 1.61. The lowest BCUT2D eigenvalue weighted by molar-refractivity contribution is 0.218. The van der Waals surface area contributed by atoms with Crippen molar-refractivity contribution in [2.45, 2.75) is 11.5 Å². The summed E-state index contributed by atoms with van der Waals surface area (Å²) in [6, 6.07) is 4.72. The topological polar surface area (TPSA) is 29.5 Å². The molecule has 78 valence electrons. The van der Waals surface area contributed by atoms with Crippen LogP contribution in [0.15, 0.2) is 23.1 Å². The first kappa shape index (κ1) is 11.5. The van der Waals surface area contributed by atoms with E-state index in [-0.39, 0.29) is 12.4 Å². The van der Waals surface area contributed by atoms with Crippen LogP contribution in [0.4, 0.5) is 4.39 Å². The molecule has 0 bridgehead atoms. The van der Waals surface area contributed by atoms with Gasteiger partial charge in [0.25, 0.3) is 0 Å². The summed E-state index contributed by atoms with van der Waals surface area (Å²) >= 11 is 1.36. The molecule has 0 aliphatic heterocycles. The van der Waals surface area contributed by atoms with Crippen molar-refractivity contribution in [1.82, 2.24) is 0 Å². The van der Waals surface area contributed by atoms with Gasteiger partial charge in [0.2, 0.25) is 0 Å². The third-order valence-electron chi connectivity index (χ3n) is 1.75. The maximum absolute atomic E-state index is 13.3. The molecule has 2 nitrogen and oxygen atoms in total. The predicted octanol–water partition coefficient (Wildman–Crippen LogP) is 2.06. The third kappa shape index (κ3) is 2.97. The van der Waals surface area contributed by atoms with E-state index in [2.05, 4.69) is 0 Å². The first-order chi connectivity index (χ1) is 6.79. The molecular weight excluding hydrogens is 203 g/mol. The molecule has 0 atom stereocenters. The van der Waals surface area contributed by atoms with Gasteiger partial charge in [-0.1, -0.05) is 12.1 Å². The summed E-state index contributed by atoms with van der Waals surface area (Å²) in [6.07, 6.45) is 0. The normalized spacial score (nSPS) is 10.5. The van der Waals surface area contributed by atoms with Crippen molar-refractivity contribution in [3.63, 3.8) is 0 Å². The van der Waals surface area contributed by atoms with Gasteiger partial charge >= 0.3 is 0 Å². The van der Waals surface area contributed by atoms with Crippen molar-refractivity contribution in [3.05, 3.63) is 29.6 Å². The minimum absolute atomic E-state index is 0.132. The van der Waals surface area contributed by atoms with E-state index in [4.69, 9.17) is 9.84 Å². The lowest BCUT2D eigenvalue weighted by atomic mass is 10.2. The molecule has 1 aromatic rings. The molecule has 0 aliphatic carbocycles. The highest BCUT2D eigenvalue weighted by molar-refractivity contribution is 7.99. The minimum Gasteiger partial charge on any atom is -0.392 e. The van der Waals surface area contributed by atoms with E-state index in [1.54, 1.807) is 19.2 Å². The average Bonchev–Trinajstić information content (AvgIpc) is 2.20. The molecule has 0 heterocycles. The third-order valence-corrected chi connectivity index (χ3v) is 2.87. The second-order valence-electron chi connectivity index (χ2n) is 2.73. The Morgan fingerprint density at radius 1 is 1.50 bits per heavy atom. The summed E-state index contributed by atoms with van der Waals surface area (Å²) in [4.78, 5) is 0.520. The van der Waals surface area contributed by atoms with Gasteiger partial charge in [-0.05, 0) is 11.6 Å². The number of aliphatic hydroxyl groups is 1. The van der Waals surface area contributed by atoms with Gasteiger partial charge in [0.05, 0.1) is 13.2 Å². The number of benzene rings is 1. The number of methoxy groups -OCH3 is 1. The summed E-state index contributed by atoms with van der Waals surface area (Å²) in [6.45, 7) is 0.441. The molecule has 0 saturated carbocycles. The van der Waals surface area contributed by atoms with Crippen LogP contribution >= 0.6 is 11.8 Å². The standard InChI is InChI=1S/C10H13FO2S/c1-13-5-6-14-10-8(7-12)3-2-4-9(10)11/h2-4,12H,5-7H2,1H3. The van der Waals surface area contributed by atoms with E-state index in [9.17, 15) is 4.39 Å². The predicted molar refractivity (Wildman–Crippen MR) is 54.9 cm³/mol. The highest BCUT2D eigenvalue weighted by Gasteiger charge is 2.07. The van der Waals surface area contributed by atoms with Crippen LogP contribution in [-0.2, 0) is 11.3 Å². The Morgan fingerprint density at radius 2 is 2.29 bits per heavy atom. The molecule has 0 aliphatic rings. The fraction of sp³-hybridized carbons (Fsp3) is 0.400. The zero-order chi connectivity index (χ0) is 10.4. The first-order valence-electron chi connectivity index (χ1n) is 4.29. The summed E-state index contributed by atoms with van der Waals surface area (Å²) in [5.74, 6) is 0.405. The molecule has 0 amide bonds. The van der Waals surface area contributed by atoms with E-state index >= 15 is 0 Å². The van der Waals surface area contributed by atoms with Crippen molar-refractivity contribution in [3.8, 4) is 0 Å². The van der Waals surface area contributed by atoms with Gasteiger partial charge in [-0.15, -0.1) is 11.8 Å². The Hall–Kier alpha value is -0.580. The summed E-state index contributed by atoms with van der Waals surface area (Å²) in [5.41, 5.74) is 0.631. The molecule has 1 N–H and O–H groups in total. The van der Waals surface area contributed by atoms with Gasteiger partial charge in [-0.2, -0.15) is 0 Å². The smallest absolute Gasteiger partial charge is 0.137 e. The van der Waals surface area contributed by atoms with E-state index in [0.717, 1.165) is 0 Å². The number of hydrogen-bond acceptors (Lipinski definition) is 3. The molecule has 0 aromatic heterocycles. The van der Waals surface area contributed by atoms with Crippen LogP contribution in [0.1, 0.15) is 5.56 Å². The van der Waals surface area contributed by atoms with Crippen LogP contribution in [0.3, 0.4) is 0 Å². The molecule has 0 radical (unpaired) electrons. The Balaban J connectivity index is 2.72. The van der Waals surface area contributed by atoms with Gasteiger partial charge in [-0.3, -0.25) is 0 Å². The zero-order valence-corrected chi connectivity index (χ0v) is 8.81. The maximum Gasteiger partial charge on any atom is 0.137 e. The number of hydrogen-bond donors (Lipinski definition) is 1. The Morgan fingerprint density at radius 3 is 2.93 bits per heavy atom. The van der Waals surface area contributed by atoms with Crippen LogP contribution in [-0.4, -0.2) is 24.6 Å². The largest absolute Gasteiger partial charge is 0.392 e. The number of halogens is 1. The van der Waals surface area contributed by atoms with E-state index in [0.29, 0.717) is 22.8 Å². The van der Waals surface area contributed by atoms with Crippen molar-refractivity contribution < 1.29 is 14.2 Å². The molecule has 1 rings (SSSR count). The number of ether oxygens (including phenoxy) is 1. The fourth-order valence-electron chi connectivity index (χ4n) is 1.07. The molecule has 14 heavy (non-hydrogen) atoms. The van der Waals surface area contributed by atoms with Crippen molar-refractivity contribution in [1.29, 1.82) is 0 Å². The molecule has 0 spiro atoms. The Labute approximate surface area is 87.1 Å². The molecule has 0 fully saturated rings. The van der Waals surface area contributed by atoms with Crippen LogP contribution in [0, 0.1) is 5.82 Å². The summed E-state index contributed by atoms with van der Waals surface area (Å²) < 4.78 is 18.2. The second-order valence-corrected chi connectivity index (χ2v) is 3.83. The minimum atomic E-state index is -0.280. The number of aliphatic hydroxyl groups excluding tert-OH is 1. The summed E-state index contributed by atoms with van der Waals surface area (Å²) in [5, 5.41) is 8.99. The van der Waals surface area contributed by atoms with Crippen LogP contribution in [0.2, 0.25) is 0 Å². The highest BCUT2D eigenvalue weighted by Crippen LogP contribution is 2.25. The van der Waals surface area contributed by atoms with Crippen LogP contribution in [0.5, 0.6) is 0 Å². The lowest BCUT2D eigenvalue weighted by Crippen LogP contribution is -1.96. The van der Waals surface area contributed by atoms with Crippen LogP contribution < -0.4 is 0 Å². The van der Waals surface area contributed by atoms with Crippen LogP contribution in [0.25, 0.3) is 0 Å². The van der Waals surface area contributed by atoms with Crippen molar-refractivity contribution in [2.24, 2.45) is 0 Å². The van der Waals surface area contributed by atoms with Gasteiger partial charge in [0.15, 0.2) is 0 Å². The van der Waals surface area contributed by atoms with E-state index < -0.39 is 0 Å². The van der Waals surface area contributed by atoms with E-state index in [1.165, 1.54) is 17.8 Å². The van der Waals surface area contributed by atoms with Gasteiger partial charge in [0, 0.05) is 17.8 Å².